The summed E-state index contributed by atoms with van der Waals surface area (Å²) in [6.45, 7) is 6.51. The summed E-state index contributed by atoms with van der Waals surface area (Å²) in [5, 5.41) is 4.31. The zero-order valence-electron chi connectivity index (χ0n) is 8.43. The molecular weight excluding hydrogens is 186 g/mol. The van der Waals surface area contributed by atoms with Crippen molar-refractivity contribution in [2.75, 3.05) is 0 Å². The molecule has 74 valence electrons. The molecule has 0 amide bonds. The first-order valence-electron chi connectivity index (χ1n) is 4.69. The van der Waals surface area contributed by atoms with Gasteiger partial charge in [0, 0.05) is 11.5 Å². The molecule has 0 N–H and O–H groups in total. The maximum atomic E-state index is 5.67. The van der Waals surface area contributed by atoms with Crippen LogP contribution >= 0.6 is 11.6 Å². The second-order valence-electron chi connectivity index (χ2n) is 4.00. The highest BCUT2D eigenvalue weighted by atomic mass is 35.5. The van der Waals surface area contributed by atoms with E-state index in [2.05, 4.69) is 25.9 Å². The minimum absolute atomic E-state index is 0.0760. The maximum absolute atomic E-state index is 5.67. The summed E-state index contributed by atoms with van der Waals surface area (Å²) >= 11 is 5.67. The monoisotopic (exact) mass is 201 g/mol. The smallest absolute Gasteiger partial charge is 0.226 e. The van der Waals surface area contributed by atoms with E-state index in [-0.39, 0.29) is 5.41 Å². The summed E-state index contributed by atoms with van der Waals surface area (Å²) in [4.78, 5) is 0. The molecule has 0 aromatic carbocycles. The highest BCUT2D eigenvalue weighted by molar-refractivity contribution is 6.28. The van der Waals surface area contributed by atoms with E-state index < -0.39 is 0 Å². The predicted octanol–water partition coefficient (Wildman–Crippen LogP) is 3.80. The number of aromatic nitrogens is 1. The second-order valence-corrected chi connectivity index (χ2v) is 4.38. The van der Waals surface area contributed by atoms with Crippen LogP contribution in [0.25, 0.3) is 0 Å². The fourth-order valence-electron chi connectivity index (χ4n) is 1.32. The highest BCUT2D eigenvalue weighted by Crippen LogP contribution is 2.29. The van der Waals surface area contributed by atoms with Gasteiger partial charge < -0.3 is 4.52 Å². The second kappa shape index (κ2) is 4.14. The van der Waals surface area contributed by atoms with E-state index in [9.17, 15) is 0 Å². The van der Waals surface area contributed by atoms with E-state index in [4.69, 9.17) is 16.1 Å². The number of hydrogen-bond acceptors (Lipinski definition) is 2. The Kier molecular flexibility index (Phi) is 3.37. The Morgan fingerprint density at radius 2 is 2.23 bits per heavy atom. The van der Waals surface area contributed by atoms with E-state index >= 15 is 0 Å². The topological polar surface area (TPSA) is 26.0 Å². The van der Waals surface area contributed by atoms with Gasteiger partial charge in [-0.05, 0) is 18.0 Å². The van der Waals surface area contributed by atoms with Crippen molar-refractivity contribution in [3.8, 4) is 0 Å². The minimum atomic E-state index is 0.0760. The van der Waals surface area contributed by atoms with Gasteiger partial charge in [-0.2, -0.15) is 0 Å². The molecule has 0 bridgehead atoms. The van der Waals surface area contributed by atoms with Gasteiger partial charge in [0.15, 0.2) is 0 Å². The van der Waals surface area contributed by atoms with Crippen LogP contribution in [0.1, 0.15) is 45.7 Å². The number of halogens is 1. The molecule has 13 heavy (non-hydrogen) atoms. The highest BCUT2D eigenvalue weighted by Gasteiger charge is 2.23. The molecule has 1 rings (SSSR count). The summed E-state index contributed by atoms with van der Waals surface area (Å²) in [5.74, 6) is 0. The lowest BCUT2D eigenvalue weighted by Crippen LogP contribution is -2.17. The summed E-state index contributed by atoms with van der Waals surface area (Å²) < 4.78 is 4.85. The van der Waals surface area contributed by atoms with Gasteiger partial charge >= 0.3 is 0 Å². The number of hydrogen-bond donors (Lipinski definition) is 0. The minimum Gasteiger partial charge on any atom is -0.344 e. The molecule has 0 spiro atoms. The van der Waals surface area contributed by atoms with Crippen LogP contribution in [0.2, 0.25) is 5.22 Å². The fourth-order valence-corrected chi connectivity index (χ4v) is 1.46. The lowest BCUT2D eigenvalue weighted by molar-refractivity contribution is 0.372. The Labute approximate surface area is 84.3 Å². The van der Waals surface area contributed by atoms with Crippen LogP contribution in [0, 0.1) is 0 Å². The maximum Gasteiger partial charge on any atom is 0.226 e. The first-order valence-corrected chi connectivity index (χ1v) is 5.07. The van der Waals surface area contributed by atoms with Crippen molar-refractivity contribution in [3.05, 3.63) is 17.0 Å². The van der Waals surface area contributed by atoms with E-state index in [0.717, 1.165) is 12.1 Å². The van der Waals surface area contributed by atoms with Crippen molar-refractivity contribution in [1.82, 2.24) is 5.16 Å². The molecule has 0 unspecified atom stereocenters. The standard InChI is InChI=1S/C10H16ClNO/c1-4-5-6-10(2,3)8-7-9(11)13-12-8/h7H,4-6H2,1-3H3. The number of nitrogens with zero attached hydrogens (tertiary/aromatic N) is 1. The largest absolute Gasteiger partial charge is 0.344 e. The first-order chi connectivity index (χ1) is 6.06. The van der Waals surface area contributed by atoms with E-state index in [1.165, 1.54) is 12.8 Å². The summed E-state index contributed by atoms with van der Waals surface area (Å²) in [6.07, 6.45) is 3.53. The Morgan fingerprint density at radius 3 is 2.69 bits per heavy atom. The van der Waals surface area contributed by atoms with Crippen LogP contribution in [0.5, 0.6) is 0 Å². The Morgan fingerprint density at radius 1 is 1.54 bits per heavy atom. The first kappa shape index (κ1) is 10.6. The third-order valence-electron chi connectivity index (χ3n) is 2.33. The van der Waals surface area contributed by atoms with Gasteiger partial charge in [0.1, 0.15) is 0 Å². The Bertz CT molecular complexity index is 268. The lowest BCUT2D eigenvalue weighted by atomic mass is 9.84. The van der Waals surface area contributed by atoms with E-state index in [1.54, 1.807) is 6.07 Å². The normalized spacial score (nSPS) is 12.0. The van der Waals surface area contributed by atoms with Gasteiger partial charge in [0.25, 0.3) is 0 Å². The molecule has 0 aliphatic rings. The van der Waals surface area contributed by atoms with Crippen LogP contribution in [-0.4, -0.2) is 5.16 Å². The van der Waals surface area contributed by atoms with Gasteiger partial charge in [0.05, 0.1) is 5.69 Å². The molecule has 0 aliphatic carbocycles. The third kappa shape index (κ3) is 2.73. The summed E-state index contributed by atoms with van der Waals surface area (Å²) in [5.41, 5.74) is 1.03. The van der Waals surface area contributed by atoms with Gasteiger partial charge in [-0.3, -0.25) is 0 Å². The molecular formula is C10H16ClNO. The fraction of sp³-hybridized carbons (Fsp3) is 0.700. The van der Waals surface area contributed by atoms with Crippen LogP contribution in [0.3, 0.4) is 0 Å². The molecule has 1 aromatic heterocycles. The molecule has 2 nitrogen and oxygen atoms in total. The number of unbranched alkanes of at least 4 members (excludes halogenated alkanes) is 1. The van der Waals surface area contributed by atoms with Gasteiger partial charge in [-0.15, -0.1) is 0 Å². The zero-order chi connectivity index (χ0) is 9.90. The predicted molar refractivity (Wildman–Crippen MR) is 54.1 cm³/mol. The molecule has 0 saturated heterocycles. The average molecular weight is 202 g/mol. The quantitative estimate of drug-likeness (QED) is 0.741. The summed E-state index contributed by atoms with van der Waals surface area (Å²) in [6, 6.07) is 1.80. The zero-order valence-corrected chi connectivity index (χ0v) is 9.19. The molecule has 0 atom stereocenters. The molecule has 1 heterocycles. The van der Waals surface area contributed by atoms with Crippen molar-refractivity contribution in [2.24, 2.45) is 0 Å². The van der Waals surface area contributed by atoms with Crippen molar-refractivity contribution in [2.45, 2.75) is 45.4 Å². The summed E-state index contributed by atoms with van der Waals surface area (Å²) in [7, 11) is 0. The SMILES string of the molecule is CCCCC(C)(C)c1cc(Cl)on1. The molecule has 0 saturated carbocycles. The van der Waals surface area contributed by atoms with Crippen LogP contribution in [-0.2, 0) is 5.41 Å². The van der Waals surface area contributed by atoms with Crippen molar-refractivity contribution in [3.63, 3.8) is 0 Å². The van der Waals surface area contributed by atoms with Gasteiger partial charge in [-0.25, -0.2) is 0 Å². The van der Waals surface area contributed by atoms with Gasteiger partial charge in [-0.1, -0.05) is 38.8 Å². The Balaban J connectivity index is 2.68. The molecule has 0 aliphatic heterocycles. The van der Waals surface area contributed by atoms with Crippen LogP contribution in [0.4, 0.5) is 0 Å². The van der Waals surface area contributed by atoms with Gasteiger partial charge in [0.2, 0.25) is 5.22 Å². The van der Waals surface area contributed by atoms with Crippen molar-refractivity contribution < 1.29 is 4.52 Å². The molecule has 0 fully saturated rings. The third-order valence-corrected chi connectivity index (χ3v) is 2.51. The van der Waals surface area contributed by atoms with E-state index in [0.29, 0.717) is 5.22 Å². The van der Waals surface area contributed by atoms with Crippen molar-refractivity contribution >= 4 is 11.6 Å². The van der Waals surface area contributed by atoms with E-state index in [1.807, 2.05) is 0 Å². The van der Waals surface area contributed by atoms with Crippen LogP contribution in [0.15, 0.2) is 10.6 Å². The molecule has 3 heteroatoms. The molecule has 1 aromatic rings. The number of rotatable bonds is 4. The average Bonchev–Trinajstić information content (AvgIpc) is 2.49. The molecule has 0 radical (unpaired) electrons. The lowest BCUT2D eigenvalue weighted by Gasteiger charge is -2.20. The Hall–Kier alpha value is -0.500. The van der Waals surface area contributed by atoms with Crippen molar-refractivity contribution in [1.29, 1.82) is 0 Å². The van der Waals surface area contributed by atoms with Crippen LogP contribution < -0.4 is 0 Å².